The van der Waals surface area contributed by atoms with Crippen molar-refractivity contribution in [1.82, 2.24) is 4.40 Å². The minimum atomic E-state index is -0.476. The number of rotatable bonds is 1. The lowest BCUT2D eigenvalue weighted by molar-refractivity contribution is 0.794. The van der Waals surface area contributed by atoms with Gasteiger partial charge in [-0.2, -0.15) is 0 Å². The van der Waals surface area contributed by atoms with Crippen LogP contribution in [-0.2, 0) is 5.41 Å². The van der Waals surface area contributed by atoms with Crippen molar-refractivity contribution in [3.63, 3.8) is 0 Å². The normalized spacial score (nSPS) is 13.8. The van der Waals surface area contributed by atoms with Gasteiger partial charge in [0.15, 0.2) is 0 Å². The van der Waals surface area contributed by atoms with Crippen molar-refractivity contribution in [2.24, 2.45) is 0 Å². The maximum Gasteiger partial charge on any atom is 0.263 e. The molecule has 2 nitrogen and oxygen atoms in total. The molecule has 10 aromatic rings. The predicted molar refractivity (Wildman–Crippen MR) is 207 cm³/mol. The van der Waals surface area contributed by atoms with E-state index >= 15 is 0 Å². The lowest BCUT2D eigenvalue weighted by Crippen LogP contribution is -2.26. The highest BCUT2D eigenvalue weighted by atomic mass is 16.1. The van der Waals surface area contributed by atoms with Gasteiger partial charge in [0.1, 0.15) is 0 Å². The summed E-state index contributed by atoms with van der Waals surface area (Å²) >= 11 is 0. The Morgan fingerprint density at radius 2 is 0.900 bits per heavy atom. The van der Waals surface area contributed by atoms with Crippen molar-refractivity contribution < 1.29 is 0 Å². The Hall–Kier alpha value is -6.51. The van der Waals surface area contributed by atoms with Crippen LogP contribution in [0.15, 0.2) is 169 Å². The van der Waals surface area contributed by atoms with Crippen molar-refractivity contribution in [2.45, 2.75) is 5.41 Å². The van der Waals surface area contributed by atoms with Crippen molar-refractivity contribution in [3.8, 4) is 33.4 Å². The molecule has 2 aliphatic carbocycles. The molecule has 0 saturated heterocycles. The number of nitrogens with zero attached hydrogens (tertiary/aromatic N) is 1. The zero-order valence-electron chi connectivity index (χ0n) is 26.9. The summed E-state index contributed by atoms with van der Waals surface area (Å²) in [5.74, 6) is 0. The van der Waals surface area contributed by atoms with Gasteiger partial charge in [0.25, 0.3) is 5.56 Å². The van der Waals surface area contributed by atoms with Gasteiger partial charge in [0.05, 0.1) is 16.4 Å². The highest BCUT2D eigenvalue weighted by molar-refractivity contribution is 6.23. The van der Waals surface area contributed by atoms with E-state index in [2.05, 4.69) is 146 Å². The molecule has 2 aliphatic rings. The molecule has 50 heavy (non-hydrogen) atoms. The van der Waals surface area contributed by atoms with Gasteiger partial charge in [-0.3, -0.25) is 9.20 Å². The fourth-order valence-electron chi connectivity index (χ4n) is 9.80. The average molecular weight is 634 g/mol. The predicted octanol–water partition coefficient (Wildman–Crippen LogP) is 11.4. The minimum absolute atomic E-state index is 0.0303. The third-order valence-corrected chi connectivity index (χ3v) is 11.7. The van der Waals surface area contributed by atoms with Crippen molar-refractivity contribution in [2.75, 3.05) is 0 Å². The second-order valence-electron chi connectivity index (χ2n) is 13.9. The van der Waals surface area contributed by atoms with Gasteiger partial charge in [-0.25, -0.2) is 0 Å². The smallest absolute Gasteiger partial charge is 0.263 e. The van der Waals surface area contributed by atoms with E-state index in [1.54, 1.807) is 0 Å². The fraction of sp³-hybridized carbons (Fsp3) is 0.0208. The molecule has 0 amide bonds. The second kappa shape index (κ2) is 9.13. The molecule has 0 unspecified atom stereocenters. The SMILES string of the molecule is O=c1c2ccccc2c2cc(-c3cccc4ccccc34)cc3c4cc5c(cc4n1c23)C1(c2ccccc2-c2ccccc21)c1ccccc1-5. The van der Waals surface area contributed by atoms with Gasteiger partial charge in [0.2, 0.25) is 0 Å². The number of aromatic nitrogens is 1. The van der Waals surface area contributed by atoms with Crippen LogP contribution in [0.1, 0.15) is 22.3 Å². The Morgan fingerprint density at radius 3 is 1.60 bits per heavy atom. The van der Waals surface area contributed by atoms with E-state index in [1.165, 1.54) is 60.8 Å². The monoisotopic (exact) mass is 633 g/mol. The van der Waals surface area contributed by atoms with Gasteiger partial charge in [-0.05, 0) is 102 Å². The highest BCUT2D eigenvalue weighted by Crippen LogP contribution is 2.63. The maximum atomic E-state index is 14.7. The number of pyridine rings is 1. The third kappa shape index (κ3) is 3.00. The van der Waals surface area contributed by atoms with Crippen LogP contribution in [-0.4, -0.2) is 4.40 Å². The van der Waals surface area contributed by atoms with E-state index in [9.17, 15) is 4.79 Å². The molecular weight excluding hydrogens is 607 g/mol. The molecule has 0 aliphatic heterocycles. The van der Waals surface area contributed by atoms with Crippen LogP contribution in [0.5, 0.6) is 0 Å². The van der Waals surface area contributed by atoms with E-state index < -0.39 is 5.41 Å². The van der Waals surface area contributed by atoms with E-state index in [0.29, 0.717) is 0 Å². The third-order valence-electron chi connectivity index (χ3n) is 11.7. The van der Waals surface area contributed by atoms with E-state index in [4.69, 9.17) is 0 Å². The first-order chi connectivity index (χ1) is 24.7. The molecule has 2 heteroatoms. The average Bonchev–Trinajstić information content (AvgIpc) is 3.77. The fourth-order valence-corrected chi connectivity index (χ4v) is 9.80. The zero-order valence-corrected chi connectivity index (χ0v) is 26.9. The molecule has 0 saturated carbocycles. The Bertz CT molecular complexity index is 3130. The van der Waals surface area contributed by atoms with Crippen LogP contribution < -0.4 is 5.56 Å². The second-order valence-corrected chi connectivity index (χ2v) is 13.9. The summed E-state index contributed by atoms with van der Waals surface area (Å²) < 4.78 is 2.01. The van der Waals surface area contributed by atoms with Gasteiger partial charge in [-0.15, -0.1) is 0 Å². The van der Waals surface area contributed by atoms with Crippen LogP contribution in [0.4, 0.5) is 0 Å². The van der Waals surface area contributed by atoms with Crippen LogP contribution in [0.2, 0.25) is 0 Å². The number of hydrogen-bond acceptors (Lipinski definition) is 1. The largest absolute Gasteiger partial charge is 0.275 e. The van der Waals surface area contributed by atoms with Crippen molar-refractivity contribution in [1.29, 1.82) is 0 Å². The molecule has 230 valence electrons. The van der Waals surface area contributed by atoms with Crippen LogP contribution in [0.3, 0.4) is 0 Å². The van der Waals surface area contributed by atoms with Crippen LogP contribution in [0, 0.1) is 0 Å². The molecule has 8 aromatic carbocycles. The summed E-state index contributed by atoms with van der Waals surface area (Å²) in [6.07, 6.45) is 0. The summed E-state index contributed by atoms with van der Waals surface area (Å²) in [5, 5.41) is 7.49. The molecule has 2 aromatic heterocycles. The molecular formula is C48H27NO. The van der Waals surface area contributed by atoms with Crippen molar-refractivity contribution in [3.05, 3.63) is 196 Å². The van der Waals surface area contributed by atoms with E-state index in [-0.39, 0.29) is 5.56 Å². The molecule has 0 bridgehead atoms. The Labute approximate surface area is 287 Å². The molecule has 2 heterocycles. The van der Waals surface area contributed by atoms with Crippen LogP contribution in [0.25, 0.3) is 82.1 Å². The summed E-state index contributed by atoms with van der Waals surface area (Å²) in [5.41, 5.74) is 14.1. The Balaban J connectivity index is 1.29. The number of fused-ring (bicyclic) bond motifs is 16. The number of benzene rings is 8. The topological polar surface area (TPSA) is 21.5 Å². The van der Waals surface area contributed by atoms with Crippen LogP contribution >= 0.6 is 0 Å². The standard InChI is InChI=1S/C48H27NO/c50-47-36-19-4-3-15-32(36)39-24-29(31-20-11-13-28-12-1-2-14-30(28)31)25-40-38-26-37-35-18-7-10-23-43(35)48(44(37)27-45(38)49(47)46(39)40)41-21-8-5-16-33(41)34-17-6-9-22-42(34)48/h1-27H. The Morgan fingerprint density at radius 1 is 0.380 bits per heavy atom. The lowest BCUT2D eigenvalue weighted by atomic mass is 9.70. The zero-order chi connectivity index (χ0) is 32.7. The molecule has 0 atom stereocenters. The Kier molecular flexibility index (Phi) is 4.83. The molecule has 0 radical (unpaired) electrons. The van der Waals surface area contributed by atoms with Gasteiger partial charge >= 0.3 is 0 Å². The minimum Gasteiger partial charge on any atom is -0.275 e. The first-order valence-electron chi connectivity index (χ1n) is 17.3. The van der Waals surface area contributed by atoms with Crippen molar-refractivity contribution >= 4 is 48.7 Å². The quantitative estimate of drug-likeness (QED) is 0.165. The summed E-state index contributed by atoms with van der Waals surface area (Å²) in [6, 6.07) is 59.3. The van der Waals surface area contributed by atoms with Gasteiger partial charge in [-0.1, -0.05) is 133 Å². The van der Waals surface area contributed by atoms with Gasteiger partial charge < -0.3 is 0 Å². The molecule has 12 rings (SSSR count). The van der Waals surface area contributed by atoms with E-state index in [0.717, 1.165) is 43.5 Å². The molecule has 0 fully saturated rings. The lowest BCUT2D eigenvalue weighted by Gasteiger charge is -2.30. The number of hydrogen-bond donors (Lipinski definition) is 0. The highest BCUT2D eigenvalue weighted by Gasteiger charge is 2.51. The maximum absolute atomic E-state index is 14.7. The first-order valence-corrected chi connectivity index (χ1v) is 17.3. The summed E-state index contributed by atoms with van der Waals surface area (Å²) in [6.45, 7) is 0. The summed E-state index contributed by atoms with van der Waals surface area (Å²) in [4.78, 5) is 14.7. The molecule has 1 spiro atoms. The molecule has 0 N–H and O–H groups in total. The summed E-state index contributed by atoms with van der Waals surface area (Å²) in [7, 11) is 0. The van der Waals surface area contributed by atoms with Gasteiger partial charge in [0, 0.05) is 21.5 Å². The first kappa shape index (κ1) is 26.4. The van der Waals surface area contributed by atoms with E-state index in [1.807, 2.05) is 22.6 Å².